The van der Waals surface area contributed by atoms with Gasteiger partial charge in [0.1, 0.15) is 0 Å². The highest BCUT2D eigenvalue weighted by molar-refractivity contribution is 7.89. The molecule has 0 saturated heterocycles. The standard InChI is InChI=1S/C19H26N4O3S2/c1-10-16(27-18(20)22-10)12-7-13-9-23(11(2)19(3,4)5)17(24)15(13)14(8-12)28(25,26)21-6/h7-8,11,21H,9H2,1-6H3,(H2,20,22). The fourth-order valence-electron chi connectivity index (χ4n) is 3.36. The molecule has 152 valence electrons. The smallest absolute Gasteiger partial charge is 0.256 e. The molecule has 0 fully saturated rings. The van der Waals surface area contributed by atoms with Crippen LogP contribution in [0.25, 0.3) is 10.4 Å². The second kappa shape index (κ2) is 6.82. The highest BCUT2D eigenvalue weighted by atomic mass is 32.2. The summed E-state index contributed by atoms with van der Waals surface area (Å²) in [7, 11) is -2.48. The molecule has 1 aliphatic rings. The van der Waals surface area contributed by atoms with Crippen molar-refractivity contribution in [3.05, 3.63) is 29.0 Å². The number of fused-ring (bicyclic) bond motifs is 1. The molecule has 0 spiro atoms. The Hall–Kier alpha value is -1.97. The maximum Gasteiger partial charge on any atom is 0.256 e. The summed E-state index contributed by atoms with van der Waals surface area (Å²) in [4.78, 5) is 20.0. The van der Waals surface area contributed by atoms with Crippen molar-refractivity contribution in [1.82, 2.24) is 14.6 Å². The SMILES string of the molecule is CNS(=O)(=O)c1cc(-c2sc(N)nc2C)cc2c1C(=O)N(C(C)C(C)(C)C)C2. The Morgan fingerprint density at radius 1 is 1.32 bits per heavy atom. The number of hydrogen-bond acceptors (Lipinski definition) is 6. The number of nitrogens with two attached hydrogens (primary N) is 1. The van der Waals surface area contributed by atoms with Crippen molar-refractivity contribution in [2.45, 2.75) is 52.1 Å². The lowest BCUT2D eigenvalue weighted by molar-refractivity contribution is 0.0577. The number of carbonyl (C=O) groups excluding carboxylic acids is 1. The molecule has 3 N–H and O–H groups in total. The van der Waals surface area contributed by atoms with Gasteiger partial charge in [-0.15, -0.1) is 0 Å². The van der Waals surface area contributed by atoms with Gasteiger partial charge >= 0.3 is 0 Å². The third kappa shape index (κ3) is 3.42. The van der Waals surface area contributed by atoms with Gasteiger partial charge < -0.3 is 10.6 Å². The quantitative estimate of drug-likeness (QED) is 0.788. The third-order valence-electron chi connectivity index (χ3n) is 5.35. The molecular weight excluding hydrogens is 396 g/mol. The van der Waals surface area contributed by atoms with Gasteiger partial charge in [0.25, 0.3) is 5.91 Å². The van der Waals surface area contributed by atoms with Gasteiger partial charge in [0, 0.05) is 12.6 Å². The summed E-state index contributed by atoms with van der Waals surface area (Å²) in [5.74, 6) is -0.252. The molecule has 1 aromatic carbocycles. The molecule has 0 radical (unpaired) electrons. The Bertz CT molecular complexity index is 1050. The molecule has 1 amide bonds. The zero-order valence-corrected chi connectivity index (χ0v) is 18.6. The fraction of sp³-hybridized carbons (Fsp3) is 0.474. The summed E-state index contributed by atoms with van der Waals surface area (Å²) in [6.45, 7) is 10.4. The van der Waals surface area contributed by atoms with Gasteiger partial charge in [-0.2, -0.15) is 0 Å². The van der Waals surface area contributed by atoms with Gasteiger partial charge in [-0.05, 0) is 49.6 Å². The number of rotatable bonds is 4. The monoisotopic (exact) mass is 422 g/mol. The van der Waals surface area contributed by atoms with Gasteiger partial charge in [-0.3, -0.25) is 4.79 Å². The van der Waals surface area contributed by atoms with Crippen molar-refractivity contribution >= 4 is 32.4 Å². The average Bonchev–Trinajstić information content (AvgIpc) is 3.11. The first-order chi connectivity index (χ1) is 12.9. The highest BCUT2D eigenvalue weighted by Gasteiger charge is 2.39. The Morgan fingerprint density at radius 3 is 2.46 bits per heavy atom. The number of carbonyl (C=O) groups is 1. The summed E-state index contributed by atoms with van der Waals surface area (Å²) in [5.41, 5.74) is 8.09. The maximum atomic E-state index is 13.2. The molecule has 2 heterocycles. The minimum atomic E-state index is -3.82. The van der Waals surface area contributed by atoms with E-state index in [1.165, 1.54) is 18.4 Å². The lowest BCUT2D eigenvalue weighted by Gasteiger charge is -2.35. The van der Waals surface area contributed by atoms with Gasteiger partial charge in [0.15, 0.2) is 5.13 Å². The van der Waals surface area contributed by atoms with E-state index in [2.05, 4.69) is 30.5 Å². The molecule has 3 rings (SSSR count). The van der Waals surface area contributed by atoms with E-state index in [1.54, 1.807) is 11.0 Å². The van der Waals surface area contributed by atoms with Gasteiger partial charge in [-0.25, -0.2) is 18.1 Å². The van der Waals surface area contributed by atoms with E-state index >= 15 is 0 Å². The second-order valence-electron chi connectivity index (χ2n) is 8.16. The molecule has 1 atom stereocenters. The maximum absolute atomic E-state index is 13.2. The fourth-order valence-corrected chi connectivity index (χ4v) is 5.17. The van der Waals surface area contributed by atoms with Gasteiger partial charge in [0.2, 0.25) is 10.0 Å². The molecule has 0 bridgehead atoms. The van der Waals surface area contributed by atoms with Gasteiger partial charge in [0.05, 0.1) is 21.0 Å². The summed E-state index contributed by atoms with van der Waals surface area (Å²) in [6.07, 6.45) is 0. The van der Waals surface area contributed by atoms with E-state index in [1.807, 2.05) is 19.9 Å². The van der Waals surface area contributed by atoms with Crippen LogP contribution in [0.3, 0.4) is 0 Å². The van der Waals surface area contributed by atoms with Crippen LogP contribution in [0.4, 0.5) is 5.13 Å². The van der Waals surface area contributed by atoms with Crippen molar-refractivity contribution in [3.8, 4) is 10.4 Å². The molecule has 9 heteroatoms. The minimum Gasteiger partial charge on any atom is -0.375 e. The molecule has 28 heavy (non-hydrogen) atoms. The van der Waals surface area contributed by atoms with E-state index in [0.717, 1.165) is 10.6 Å². The Labute approximate surface area is 170 Å². The van der Waals surface area contributed by atoms with Crippen LogP contribution in [0.1, 0.15) is 49.3 Å². The Morgan fingerprint density at radius 2 is 1.96 bits per heavy atom. The zero-order valence-electron chi connectivity index (χ0n) is 17.0. The normalized spacial score (nSPS) is 15.8. The predicted octanol–water partition coefficient (Wildman–Crippen LogP) is 3.00. The number of nitrogens with one attached hydrogen (secondary N) is 1. The van der Waals surface area contributed by atoms with Crippen LogP contribution >= 0.6 is 11.3 Å². The average molecular weight is 423 g/mol. The van der Waals surface area contributed by atoms with Crippen LogP contribution in [0, 0.1) is 12.3 Å². The third-order valence-corrected chi connectivity index (χ3v) is 7.83. The van der Waals surface area contributed by atoms with Crippen molar-refractivity contribution in [2.24, 2.45) is 5.41 Å². The van der Waals surface area contributed by atoms with Crippen LogP contribution in [-0.4, -0.2) is 37.3 Å². The van der Waals surface area contributed by atoms with Crippen LogP contribution < -0.4 is 10.5 Å². The molecule has 2 aromatic rings. The van der Waals surface area contributed by atoms with Crippen LogP contribution in [0.5, 0.6) is 0 Å². The molecule has 0 saturated carbocycles. The second-order valence-corrected chi connectivity index (χ2v) is 11.0. The first-order valence-corrected chi connectivity index (χ1v) is 11.3. The van der Waals surface area contributed by atoms with Crippen LogP contribution in [-0.2, 0) is 16.6 Å². The van der Waals surface area contributed by atoms with E-state index in [-0.39, 0.29) is 27.8 Å². The van der Waals surface area contributed by atoms with E-state index < -0.39 is 10.0 Å². The lowest BCUT2D eigenvalue weighted by atomic mass is 9.87. The van der Waals surface area contributed by atoms with Crippen LogP contribution in [0.2, 0.25) is 0 Å². The highest BCUT2D eigenvalue weighted by Crippen LogP contribution is 2.39. The largest absolute Gasteiger partial charge is 0.375 e. The molecule has 1 aromatic heterocycles. The lowest BCUT2D eigenvalue weighted by Crippen LogP contribution is -2.42. The van der Waals surface area contributed by atoms with Crippen molar-refractivity contribution < 1.29 is 13.2 Å². The Balaban J connectivity index is 2.22. The molecule has 1 aliphatic heterocycles. The van der Waals surface area contributed by atoms with Crippen LogP contribution in [0.15, 0.2) is 17.0 Å². The molecule has 7 nitrogen and oxygen atoms in total. The van der Waals surface area contributed by atoms with E-state index in [4.69, 9.17) is 5.73 Å². The first-order valence-electron chi connectivity index (χ1n) is 9.01. The number of nitrogen functional groups attached to an aromatic ring is 1. The summed E-state index contributed by atoms with van der Waals surface area (Å²) < 4.78 is 27.8. The number of thiazole rings is 1. The first kappa shape index (κ1) is 20.8. The van der Waals surface area contributed by atoms with Crippen molar-refractivity contribution in [2.75, 3.05) is 12.8 Å². The molecule has 1 unspecified atom stereocenters. The van der Waals surface area contributed by atoms with Crippen molar-refractivity contribution in [3.63, 3.8) is 0 Å². The number of amides is 1. The number of aromatic nitrogens is 1. The summed E-state index contributed by atoms with van der Waals surface area (Å²) in [5, 5.41) is 0.421. The topological polar surface area (TPSA) is 105 Å². The minimum absolute atomic E-state index is 0.00230. The number of anilines is 1. The number of sulfonamides is 1. The molecule has 0 aliphatic carbocycles. The number of benzene rings is 1. The number of aryl methyl sites for hydroxylation is 1. The predicted molar refractivity (Wildman–Crippen MR) is 112 cm³/mol. The summed E-state index contributed by atoms with van der Waals surface area (Å²) in [6, 6.07) is 3.38. The Kier molecular flexibility index (Phi) is 5.06. The van der Waals surface area contributed by atoms with E-state index in [0.29, 0.717) is 22.8 Å². The molecular formula is C19H26N4O3S2. The zero-order chi connectivity index (χ0) is 21.0. The number of nitrogens with zero attached hydrogens (tertiary/aromatic N) is 2. The summed E-state index contributed by atoms with van der Waals surface area (Å²) >= 11 is 1.30. The van der Waals surface area contributed by atoms with Gasteiger partial charge in [-0.1, -0.05) is 32.1 Å². The van der Waals surface area contributed by atoms with E-state index in [9.17, 15) is 13.2 Å². The number of hydrogen-bond donors (Lipinski definition) is 2. The van der Waals surface area contributed by atoms with Crippen molar-refractivity contribution in [1.29, 1.82) is 0 Å².